The molecule has 7 heteroatoms. The van der Waals surface area contributed by atoms with Crippen LogP contribution in [0.25, 0.3) is 0 Å². The summed E-state index contributed by atoms with van der Waals surface area (Å²) in [6.07, 6.45) is 1.85. The molecule has 0 spiro atoms. The van der Waals surface area contributed by atoms with Crippen LogP contribution >= 0.6 is 11.3 Å². The largest absolute Gasteiger partial charge is 0.486 e. The van der Waals surface area contributed by atoms with Crippen molar-refractivity contribution in [3.05, 3.63) is 45.6 Å². The molecule has 0 radical (unpaired) electrons. The first-order valence-corrected chi connectivity index (χ1v) is 9.97. The maximum atomic E-state index is 12.7. The summed E-state index contributed by atoms with van der Waals surface area (Å²) in [6, 6.07) is 9.57. The Morgan fingerprint density at radius 3 is 2.78 bits per heavy atom. The Hall–Kier alpha value is -2.54. The molecule has 27 heavy (non-hydrogen) atoms. The van der Waals surface area contributed by atoms with E-state index in [0.717, 1.165) is 34.8 Å². The second-order valence-corrected chi connectivity index (χ2v) is 8.03. The molecule has 0 saturated carbocycles. The van der Waals surface area contributed by atoms with E-state index in [1.165, 1.54) is 11.3 Å². The standard InChI is InChI=1S/C20H22N2O4S/c1-13-4-7-18(27-13)20(24)21-12-19(23)22-8-2-3-15(22)14-5-6-16-17(11-14)26-10-9-25-16/h4-7,11,15H,2-3,8-10,12H2,1H3,(H,21,24). The number of nitrogens with zero attached hydrogens (tertiary/aromatic N) is 1. The predicted molar refractivity (Wildman–Crippen MR) is 103 cm³/mol. The normalized spacial score (nSPS) is 18.4. The van der Waals surface area contributed by atoms with Gasteiger partial charge in [-0.3, -0.25) is 9.59 Å². The first-order valence-electron chi connectivity index (χ1n) is 9.15. The third kappa shape index (κ3) is 3.78. The summed E-state index contributed by atoms with van der Waals surface area (Å²) in [4.78, 5) is 28.5. The summed E-state index contributed by atoms with van der Waals surface area (Å²) in [5.41, 5.74) is 1.05. The average Bonchev–Trinajstić information content (AvgIpc) is 3.34. The number of fused-ring (bicyclic) bond motifs is 1. The molecule has 0 aliphatic carbocycles. The maximum absolute atomic E-state index is 12.7. The van der Waals surface area contributed by atoms with Gasteiger partial charge >= 0.3 is 0 Å². The van der Waals surface area contributed by atoms with Gasteiger partial charge in [-0.1, -0.05) is 6.07 Å². The molecule has 2 aromatic rings. The van der Waals surface area contributed by atoms with Crippen LogP contribution in [0.1, 0.15) is 39.0 Å². The molecule has 1 atom stereocenters. The van der Waals surface area contributed by atoms with Crippen LogP contribution in [-0.2, 0) is 4.79 Å². The molecule has 1 aromatic heterocycles. The molecule has 4 rings (SSSR count). The van der Waals surface area contributed by atoms with Crippen LogP contribution in [0.5, 0.6) is 11.5 Å². The van der Waals surface area contributed by atoms with Gasteiger partial charge in [-0.05, 0) is 49.6 Å². The third-order valence-corrected chi connectivity index (χ3v) is 5.89. The van der Waals surface area contributed by atoms with Crippen molar-refractivity contribution in [2.75, 3.05) is 26.3 Å². The van der Waals surface area contributed by atoms with E-state index in [1.54, 1.807) is 6.07 Å². The van der Waals surface area contributed by atoms with E-state index in [-0.39, 0.29) is 24.4 Å². The van der Waals surface area contributed by atoms with Gasteiger partial charge in [0.15, 0.2) is 11.5 Å². The lowest BCUT2D eigenvalue weighted by atomic mass is 10.0. The maximum Gasteiger partial charge on any atom is 0.261 e. The van der Waals surface area contributed by atoms with Crippen molar-refractivity contribution >= 4 is 23.2 Å². The molecule has 1 fully saturated rings. The van der Waals surface area contributed by atoms with Gasteiger partial charge < -0.3 is 19.7 Å². The number of rotatable bonds is 4. The Kier molecular flexibility index (Phi) is 5.03. The van der Waals surface area contributed by atoms with E-state index in [1.807, 2.05) is 36.1 Å². The fraction of sp³-hybridized carbons (Fsp3) is 0.400. The van der Waals surface area contributed by atoms with Crippen molar-refractivity contribution in [2.24, 2.45) is 0 Å². The van der Waals surface area contributed by atoms with Crippen molar-refractivity contribution in [1.82, 2.24) is 10.2 Å². The Morgan fingerprint density at radius 1 is 1.19 bits per heavy atom. The summed E-state index contributed by atoms with van der Waals surface area (Å²) < 4.78 is 11.2. The summed E-state index contributed by atoms with van der Waals surface area (Å²) >= 11 is 1.43. The molecule has 6 nitrogen and oxygen atoms in total. The first-order chi connectivity index (χ1) is 13.1. The second kappa shape index (κ2) is 7.60. The highest BCUT2D eigenvalue weighted by Crippen LogP contribution is 2.38. The van der Waals surface area contributed by atoms with E-state index < -0.39 is 0 Å². The number of hydrogen-bond donors (Lipinski definition) is 1. The minimum atomic E-state index is -0.198. The zero-order valence-corrected chi connectivity index (χ0v) is 16.0. The summed E-state index contributed by atoms with van der Waals surface area (Å²) in [5, 5.41) is 2.75. The van der Waals surface area contributed by atoms with Gasteiger partial charge in [0.05, 0.1) is 17.5 Å². The molecule has 0 bridgehead atoms. The van der Waals surface area contributed by atoms with Gasteiger partial charge in [-0.2, -0.15) is 0 Å². The Balaban J connectivity index is 1.41. The minimum absolute atomic E-state index is 0.00853. The fourth-order valence-electron chi connectivity index (χ4n) is 3.58. The second-order valence-electron chi connectivity index (χ2n) is 6.74. The number of ether oxygens (including phenoxy) is 2. The van der Waals surface area contributed by atoms with Crippen LogP contribution in [0.2, 0.25) is 0 Å². The van der Waals surface area contributed by atoms with Gasteiger partial charge in [0.25, 0.3) is 5.91 Å². The molecule has 2 aliphatic rings. The molecule has 2 aliphatic heterocycles. The zero-order chi connectivity index (χ0) is 18.8. The molecule has 3 heterocycles. The molecule has 1 N–H and O–H groups in total. The number of nitrogens with one attached hydrogen (secondary N) is 1. The number of likely N-dealkylation sites (tertiary alicyclic amines) is 1. The Bertz CT molecular complexity index is 863. The Labute approximate surface area is 162 Å². The SMILES string of the molecule is Cc1ccc(C(=O)NCC(=O)N2CCCC2c2ccc3c(c2)OCCO3)s1. The molecule has 142 valence electrons. The fourth-order valence-corrected chi connectivity index (χ4v) is 4.36. The van der Waals surface area contributed by atoms with Gasteiger partial charge in [0, 0.05) is 11.4 Å². The number of thiophene rings is 1. The molecular formula is C20H22N2O4S. The smallest absolute Gasteiger partial charge is 0.261 e. The van der Waals surface area contributed by atoms with E-state index in [0.29, 0.717) is 24.6 Å². The lowest BCUT2D eigenvalue weighted by molar-refractivity contribution is -0.131. The van der Waals surface area contributed by atoms with Gasteiger partial charge in [0.2, 0.25) is 5.91 Å². The highest BCUT2D eigenvalue weighted by molar-refractivity contribution is 7.13. The molecular weight excluding hydrogens is 364 g/mol. The molecule has 1 aromatic carbocycles. The van der Waals surface area contributed by atoms with Gasteiger partial charge in [-0.15, -0.1) is 11.3 Å². The first kappa shape index (κ1) is 17.9. The number of amides is 2. The quantitative estimate of drug-likeness (QED) is 0.877. The van der Waals surface area contributed by atoms with Crippen LogP contribution in [0, 0.1) is 6.92 Å². The van der Waals surface area contributed by atoms with Gasteiger partial charge in [-0.25, -0.2) is 0 Å². The van der Waals surface area contributed by atoms with Gasteiger partial charge in [0.1, 0.15) is 13.2 Å². The third-order valence-electron chi connectivity index (χ3n) is 4.89. The number of benzene rings is 1. The van der Waals surface area contributed by atoms with Crippen molar-refractivity contribution in [3.8, 4) is 11.5 Å². The monoisotopic (exact) mass is 386 g/mol. The topological polar surface area (TPSA) is 67.9 Å². The number of carbonyl (C=O) groups excluding carboxylic acids is 2. The van der Waals surface area contributed by atoms with E-state index in [2.05, 4.69) is 5.32 Å². The van der Waals surface area contributed by atoms with Crippen LogP contribution < -0.4 is 14.8 Å². The predicted octanol–water partition coefficient (Wildman–Crippen LogP) is 2.92. The number of carbonyl (C=O) groups is 2. The van der Waals surface area contributed by atoms with E-state index in [9.17, 15) is 9.59 Å². The van der Waals surface area contributed by atoms with Crippen molar-refractivity contribution in [1.29, 1.82) is 0 Å². The van der Waals surface area contributed by atoms with E-state index >= 15 is 0 Å². The highest BCUT2D eigenvalue weighted by atomic mass is 32.1. The lowest BCUT2D eigenvalue weighted by Gasteiger charge is -2.27. The van der Waals surface area contributed by atoms with Crippen molar-refractivity contribution in [3.63, 3.8) is 0 Å². The number of aryl methyl sites for hydroxylation is 1. The average molecular weight is 386 g/mol. The molecule has 1 unspecified atom stereocenters. The van der Waals surface area contributed by atoms with Crippen LogP contribution in [0.15, 0.2) is 30.3 Å². The van der Waals surface area contributed by atoms with E-state index in [4.69, 9.17) is 9.47 Å². The highest BCUT2D eigenvalue weighted by Gasteiger charge is 2.31. The zero-order valence-electron chi connectivity index (χ0n) is 15.2. The summed E-state index contributed by atoms with van der Waals surface area (Å²) in [6.45, 7) is 3.76. The Morgan fingerprint density at radius 2 is 2.00 bits per heavy atom. The summed E-state index contributed by atoms with van der Waals surface area (Å²) in [5.74, 6) is 1.23. The lowest BCUT2D eigenvalue weighted by Crippen LogP contribution is -2.39. The van der Waals surface area contributed by atoms with Crippen LogP contribution in [0.3, 0.4) is 0 Å². The van der Waals surface area contributed by atoms with Crippen LogP contribution in [0.4, 0.5) is 0 Å². The van der Waals surface area contributed by atoms with Crippen molar-refractivity contribution < 1.29 is 19.1 Å². The summed E-state index contributed by atoms with van der Waals surface area (Å²) in [7, 11) is 0. The number of hydrogen-bond acceptors (Lipinski definition) is 5. The van der Waals surface area contributed by atoms with Crippen LogP contribution in [-0.4, -0.2) is 43.0 Å². The minimum Gasteiger partial charge on any atom is -0.486 e. The van der Waals surface area contributed by atoms with Crippen molar-refractivity contribution in [2.45, 2.75) is 25.8 Å². The molecule has 2 amide bonds. The molecule has 1 saturated heterocycles.